The molecule has 0 saturated heterocycles. The molecule has 0 atom stereocenters. The maximum absolute atomic E-state index is 11.4. The summed E-state index contributed by atoms with van der Waals surface area (Å²) in [5.41, 5.74) is 0.614. The first-order valence-electron chi connectivity index (χ1n) is 4.81. The molecule has 0 radical (unpaired) electrons. The number of amides is 1. The lowest BCUT2D eigenvalue weighted by molar-refractivity contribution is -0.116. The fourth-order valence-corrected chi connectivity index (χ4v) is 1.51. The van der Waals surface area contributed by atoms with Crippen molar-refractivity contribution < 1.29 is 9.53 Å². The molecule has 0 fully saturated rings. The van der Waals surface area contributed by atoms with Crippen LogP contribution in [0.2, 0.25) is 5.02 Å². The summed E-state index contributed by atoms with van der Waals surface area (Å²) in [4.78, 5) is 11.4. The number of methoxy groups -OCH3 is 1. The highest BCUT2D eigenvalue weighted by atomic mass is 35.5. The Morgan fingerprint density at radius 1 is 1.53 bits per heavy atom. The number of benzene rings is 1. The number of carbonyl (C=O) groups excluding carboxylic acids is 1. The van der Waals surface area contributed by atoms with E-state index in [1.807, 2.05) is 6.92 Å². The molecule has 1 aromatic rings. The van der Waals surface area contributed by atoms with Gasteiger partial charge in [0.05, 0.1) is 17.8 Å². The van der Waals surface area contributed by atoms with Crippen LogP contribution >= 0.6 is 11.6 Å². The van der Waals surface area contributed by atoms with Crippen molar-refractivity contribution in [2.45, 2.75) is 19.8 Å². The van der Waals surface area contributed by atoms with Crippen LogP contribution in [0.15, 0.2) is 18.2 Å². The van der Waals surface area contributed by atoms with E-state index in [0.29, 0.717) is 22.9 Å². The van der Waals surface area contributed by atoms with Crippen molar-refractivity contribution >= 4 is 23.2 Å². The van der Waals surface area contributed by atoms with E-state index in [1.165, 1.54) is 7.11 Å². The molecule has 1 aromatic carbocycles. The lowest BCUT2D eigenvalue weighted by Crippen LogP contribution is -2.11. The molecule has 15 heavy (non-hydrogen) atoms. The number of anilines is 1. The molecular weight excluding hydrogens is 214 g/mol. The highest BCUT2D eigenvalue weighted by molar-refractivity contribution is 6.32. The molecule has 0 bridgehead atoms. The summed E-state index contributed by atoms with van der Waals surface area (Å²) < 4.78 is 5.11. The minimum Gasteiger partial charge on any atom is -0.493 e. The second-order valence-corrected chi connectivity index (χ2v) is 3.53. The van der Waals surface area contributed by atoms with E-state index in [0.717, 1.165) is 6.42 Å². The Kier molecular flexibility index (Phi) is 4.43. The first kappa shape index (κ1) is 11.9. The topological polar surface area (TPSA) is 38.3 Å². The molecule has 1 N–H and O–H groups in total. The van der Waals surface area contributed by atoms with Crippen LogP contribution in [0.1, 0.15) is 19.8 Å². The summed E-state index contributed by atoms with van der Waals surface area (Å²) >= 11 is 5.91. The highest BCUT2D eigenvalue weighted by Gasteiger charge is 2.09. The summed E-state index contributed by atoms with van der Waals surface area (Å²) in [5, 5.41) is 3.25. The molecule has 1 rings (SSSR count). The van der Waals surface area contributed by atoms with Crippen molar-refractivity contribution in [1.29, 1.82) is 0 Å². The molecule has 1 amide bonds. The zero-order valence-corrected chi connectivity index (χ0v) is 9.60. The third-order valence-electron chi connectivity index (χ3n) is 1.92. The Balaban J connectivity index is 2.84. The van der Waals surface area contributed by atoms with E-state index in [9.17, 15) is 4.79 Å². The molecule has 0 aliphatic heterocycles. The van der Waals surface area contributed by atoms with Crippen LogP contribution in [0.5, 0.6) is 5.75 Å². The van der Waals surface area contributed by atoms with Gasteiger partial charge in [0.15, 0.2) is 5.75 Å². The summed E-state index contributed by atoms with van der Waals surface area (Å²) in [6, 6.07) is 5.25. The van der Waals surface area contributed by atoms with Crippen LogP contribution in [0.25, 0.3) is 0 Å². The third kappa shape index (κ3) is 3.13. The molecular formula is C11H14ClNO2. The number of nitrogens with one attached hydrogen (secondary N) is 1. The molecule has 0 heterocycles. The fraction of sp³-hybridized carbons (Fsp3) is 0.364. The number of ether oxygens (including phenoxy) is 1. The number of carbonyl (C=O) groups is 1. The maximum Gasteiger partial charge on any atom is 0.224 e. The van der Waals surface area contributed by atoms with Gasteiger partial charge in [-0.1, -0.05) is 24.6 Å². The van der Waals surface area contributed by atoms with Gasteiger partial charge in [0.2, 0.25) is 5.91 Å². The zero-order chi connectivity index (χ0) is 11.3. The minimum absolute atomic E-state index is 0.0296. The van der Waals surface area contributed by atoms with E-state index in [4.69, 9.17) is 16.3 Å². The largest absolute Gasteiger partial charge is 0.493 e. The quantitative estimate of drug-likeness (QED) is 0.859. The van der Waals surface area contributed by atoms with Gasteiger partial charge in [-0.05, 0) is 18.6 Å². The second kappa shape index (κ2) is 5.61. The fourth-order valence-electron chi connectivity index (χ4n) is 1.25. The monoisotopic (exact) mass is 227 g/mol. The van der Waals surface area contributed by atoms with Gasteiger partial charge >= 0.3 is 0 Å². The van der Waals surface area contributed by atoms with E-state index in [2.05, 4.69) is 5.32 Å². The summed E-state index contributed by atoms with van der Waals surface area (Å²) in [5.74, 6) is 0.474. The van der Waals surface area contributed by atoms with E-state index >= 15 is 0 Å². The number of halogens is 1. The molecule has 0 aromatic heterocycles. The standard InChI is InChI=1S/C11H14ClNO2/c1-3-5-10(14)13-9-7-4-6-8(12)11(9)15-2/h4,6-7H,3,5H2,1-2H3,(H,13,14). The van der Waals surface area contributed by atoms with Crippen LogP contribution in [0.3, 0.4) is 0 Å². The van der Waals surface area contributed by atoms with Crippen molar-refractivity contribution in [2.75, 3.05) is 12.4 Å². The van der Waals surface area contributed by atoms with Crippen LogP contribution in [-0.2, 0) is 4.79 Å². The smallest absolute Gasteiger partial charge is 0.224 e. The molecule has 0 unspecified atom stereocenters. The van der Waals surface area contributed by atoms with Gasteiger partial charge in [0.1, 0.15) is 0 Å². The number of rotatable bonds is 4. The van der Waals surface area contributed by atoms with Crippen molar-refractivity contribution in [3.05, 3.63) is 23.2 Å². The first-order valence-corrected chi connectivity index (χ1v) is 5.19. The maximum atomic E-state index is 11.4. The van der Waals surface area contributed by atoms with Gasteiger partial charge in [-0.25, -0.2) is 0 Å². The van der Waals surface area contributed by atoms with Crippen molar-refractivity contribution in [2.24, 2.45) is 0 Å². The molecule has 0 spiro atoms. The van der Waals surface area contributed by atoms with Crippen LogP contribution in [0.4, 0.5) is 5.69 Å². The summed E-state index contributed by atoms with van der Waals surface area (Å²) in [6.45, 7) is 1.95. The van der Waals surface area contributed by atoms with Crippen LogP contribution < -0.4 is 10.1 Å². The average molecular weight is 228 g/mol. The lowest BCUT2D eigenvalue weighted by atomic mass is 10.2. The Labute approximate surface area is 94.4 Å². The average Bonchev–Trinajstić information content (AvgIpc) is 2.18. The Morgan fingerprint density at radius 3 is 2.87 bits per heavy atom. The molecule has 4 heteroatoms. The lowest BCUT2D eigenvalue weighted by Gasteiger charge is -2.10. The van der Waals surface area contributed by atoms with Gasteiger partial charge in [-0.3, -0.25) is 4.79 Å². The molecule has 0 saturated carbocycles. The minimum atomic E-state index is -0.0296. The predicted octanol–water partition coefficient (Wildman–Crippen LogP) is 3.09. The second-order valence-electron chi connectivity index (χ2n) is 3.12. The van der Waals surface area contributed by atoms with Crippen molar-refractivity contribution in [3.63, 3.8) is 0 Å². The third-order valence-corrected chi connectivity index (χ3v) is 2.22. The Bertz CT molecular complexity index is 352. The molecule has 0 aliphatic carbocycles. The Morgan fingerprint density at radius 2 is 2.27 bits per heavy atom. The predicted molar refractivity (Wildman–Crippen MR) is 61.5 cm³/mol. The molecule has 0 aliphatic rings. The van der Waals surface area contributed by atoms with Gasteiger partial charge in [-0.2, -0.15) is 0 Å². The van der Waals surface area contributed by atoms with Gasteiger partial charge in [-0.15, -0.1) is 0 Å². The van der Waals surface area contributed by atoms with Gasteiger partial charge in [0.25, 0.3) is 0 Å². The molecule has 82 valence electrons. The van der Waals surface area contributed by atoms with Crippen LogP contribution in [-0.4, -0.2) is 13.0 Å². The normalized spacial score (nSPS) is 9.80. The van der Waals surface area contributed by atoms with Crippen LogP contribution in [0, 0.1) is 0 Å². The van der Waals surface area contributed by atoms with Crippen molar-refractivity contribution in [3.8, 4) is 5.75 Å². The number of hydrogen-bond donors (Lipinski definition) is 1. The zero-order valence-electron chi connectivity index (χ0n) is 8.84. The first-order chi connectivity index (χ1) is 7.19. The molecule has 3 nitrogen and oxygen atoms in total. The summed E-state index contributed by atoms with van der Waals surface area (Å²) in [7, 11) is 1.52. The van der Waals surface area contributed by atoms with Crippen molar-refractivity contribution in [1.82, 2.24) is 0 Å². The number of para-hydroxylation sites is 1. The van der Waals surface area contributed by atoms with E-state index < -0.39 is 0 Å². The van der Waals surface area contributed by atoms with E-state index in [1.54, 1.807) is 18.2 Å². The Hall–Kier alpha value is -1.22. The van der Waals surface area contributed by atoms with Gasteiger partial charge < -0.3 is 10.1 Å². The highest BCUT2D eigenvalue weighted by Crippen LogP contribution is 2.32. The van der Waals surface area contributed by atoms with E-state index in [-0.39, 0.29) is 5.91 Å². The SMILES string of the molecule is CCCC(=O)Nc1cccc(Cl)c1OC. The summed E-state index contributed by atoms with van der Waals surface area (Å²) in [6.07, 6.45) is 1.31. The van der Waals surface area contributed by atoms with Gasteiger partial charge in [0, 0.05) is 6.42 Å². The number of hydrogen-bond acceptors (Lipinski definition) is 2.